The van der Waals surface area contributed by atoms with Crippen molar-refractivity contribution in [3.8, 4) is 0 Å². The van der Waals surface area contributed by atoms with Crippen LogP contribution in [0.3, 0.4) is 0 Å². The third-order valence-electron chi connectivity index (χ3n) is 4.57. The minimum Gasteiger partial charge on any atom is -0.481 e. The smallest absolute Gasteiger partial charge is 0.311 e. The van der Waals surface area contributed by atoms with Crippen molar-refractivity contribution < 1.29 is 14.6 Å². The van der Waals surface area contributed by atoms with E-state index in [2.05, 4.69) is 13.8 Å². The van der Waals surface area contributed by atoms with Gasteiger partial charge in [-0.3, -0.25) is 4.79 Å². The summed E-state index contributed by atoms with van der Waals surface area (Å²) in [6.07, 6.45) is 4.15. The summed E-state index contributed by atoms with van der Waals surface area (Å²) in [7, 11) is 0. The Kier molecular flexibility index (Phi) is 5.39. The van der Waals surface area contributed by atoms with Crippen molar-refractivity contribution in [2.24, 2.45) is 23.0 Å². The second-order valence-corrected chi connectivity index (χ2v) is 6.95. The lowest BCUT2D eigenvalue weighted by Crippen LogP contribution is -2.47. The zero-order valence-corrected chi connectivity index (χ0v) is 12.7. The highest BCUT2D eigenvalue weighted by Crippen LogP contribution is 2.38. The van der Waals surface area contributed by atoms with Crippen LogP contribution in [0.15, 0.2) is 0 Å². The van der Waals surface area contributed by atoms with Crippen molar-refractivity contribution in [2.75, 3.05) is 13.2 Å². The van der Waals surface area contributed by atoms with E-state index in [0.717, 1.165) is 31.6 Å². The molecule has 1 rings (SSSR count). The predicted octanol–water partition coefficient (Wildman–Crippen LogP) is 2.66. The van der Waals surface area contributed by atoms with Crippen LogP contribution in [0.5, 0.6) is 0 Å². The molecule has 0 atom stereocenters. The fraction of sp³-hybridized carbons (Fsp3) is 0.933. The van der Waals surface area contributed by atoms with E-state index in [0.29, 0.717) is 12.5 Å². The molecule has 112 valence electrons. The van der Waals surface area contributed by atoms with Gasteiger partial charge >= 0.3 is 5.97 Å². The molecule has 0 heterocycles. The first-order valence-electron chi connectivity index (χ1n) is 7.30. The van der Waals surface area contributed by atoms with Gasteiger partial charge in [0.15, 0.2) is 0 Å². The molecule has 0 amide bonds. The van der Waals surface area contributed by atoms with E-state index < -0.39 is 11.4 Å². The molecule has 1 aliphatic carbocycles. The van der Waals surface area contributed by atoms with E-state index >= 15 is 0 Å². The molecule has 0 radical (unpaired) electrons. The van der Waals surface area contributed by atoms with Crippen molar-refractivity contribution in [3.63, 3.8) is 0 Å². The monoisotopic (exact) mass is 271 g/mol. The fourth-order valence-corrected chi connectivity index (χ4v) is 2.64. The molecular formula is C15H29NO3. The molecule has 3 N–H and O–H groups in total. The number of rotatable bonds is 6. The van der Waals surface area contributed by atoms with Crippen LogP contribution in [-0.4, -0.2) is 29.8 Å². The van der Waals surface area contributed by atoms with Gasteiger partial charge in [-0.15, -0.1) is 0 Å². The molecule has 19 heavy (non-hydrogen) atoms. The van der Waals surface area contributed by atoms with Gasteiger partial charge in [0, 0.05) is 6.54 Å². The number of carbonyl (C=O) groups is 1. The van der Waals surface area contributed by atoms with Gasteiger partial charge in [0.1, 0.15) is 0 Å². The summed E-state index contributed by atoms with van der Waals surface area (Å²) in [6, 6.07) is 0. The van der Waals surface area contributed by atoms with E-state index in [1.54, 1.807) is 13.8 Å². The summed E-state index contributed by atoms with van der Waals surface area (Å²) >= 11 is 0. The molecule has 1 aliphatic rings. The van der Waals surface area contributed by atoms with Crippen LogP contribution >= 0.6 is 0 Å². The maximum absolute atomic E-state index is 11.1. The van der Waals surface area contributed by atoms with E-state index in [1.165, 1.54) is 0 Å². The van der Waals surface area contributed by atoms with Gasteiger partial charge in [0.25, 0.3) is 0 Å². The Morgan fingerprint density at radius 2 is 1.95 bits per heavy atom. The van der Waals surface area contributed by atoms with E-state index in [4.69, 9.17) is 15.6 Å². The number of hydrogen-bond donors (Lipinski definition) is 2. The minimum absolute atomic E-state index is 0.228. The van der Waals surface area contributed by atoms with Crippen LogP contribution in [0.2, 0.25) is 0 Å². The topological polar surface area (TPSA) is 72.5 Å². The molecule has 4 nitrogen and oxygen atoms in total. The van der Waals surface area contributed by atoms with E-state index in [-0.39, 0.29) is 12.2 Å². The van der Waals surface area contributed by atoms with Crippen LogP contribution < -0.4 is 5.73 Å². The molecule has 0 spiro atoms. The first-order valence-corrected chi connectivity index (χ1v) is 7.30. The van der Waals surface area contributed by atoms with Gasteiger partial charge < -0.3 is 15.6 Å². The second kappa shape index (κ2) is 6.23. The highest BCUT2D eigenvalue weighted by atomic mass is 16.5. The molecule has 1 saturated carbocycles. The molecule has 4 heteroatoms. The molecule has 0 aromatic carbocycles. The molecule has 0 aromatic rings. The highest BCUT2D eigenvalue weighted by molar-refractivity contribution is 5.73. The quantitative estimate of drug-likeness (QED) is 0.779. The molecular weight excluding hydrogens is 242 g/mol. The molecule has 0 unspecified atom stereocenters. The van der Waals surface area contributed by atoms with Crippen molar-refractivity contribution in [2.45, 2.75) is 59.0 Å². The molecule has 1 fully saturated rings. The Morgan fingerprint density at radius 1 is 1.42 bits per heavy atom. The maximum atomic E-state index is 11.1. The highest BCUT2D eigenvalue weighted by Gasteiger charge is 2.38. The van der Waals surface area contributed by atoms with Crippen LogP contribution in [0.4, 0.5) is 0 Å². The zero-order valence-electron chi connectivity index (χ0n) is 12.7. The van der Waals surface area contributed by atoms with Gasteiger partial charge in [-0.05, 0) is 51.4 Å². The number of hydrogen-bond acceptors (Lipinski definition) is 3. The van der Waals surface area contributed by atoms with Crippen LogP contribution in [0.25, 0.3) is 0 Å². The second-order valence-electron chi connectivity index (χ2n) is 6.95. The van der Waals surface area contributed by atoms with Gasteiger partial charge in [0.05, 0.1) is 17.6 Å². The number of nitrogens with two attached hydrogens (primary N) is 1. The van der Waals surface area contributed by atoms with Crippen molar-refractivity contribution >= 4 is 5.97 Å². The molecule has 0 saturated heterocycles. The Bertz CT molecular complexity index is 305. The summed E-state index contributed by atoms with van der Waals surface area (Å²) < 4.78 is 5.97. The fourth-order valence-electron chi connectivity index (χ4n) is 2.64. The number of ether oxygens (including phenoxy) is 1. The summed E-state index contributed by atoms with van der Waals surface area (Å²) in [4.78, 5) is 11.1. The largest absolute Gasteiger partial charge is 0.481 e. The average Bonchev–Trinajstić information content (AvgIpc) is 2.36. The van der Waals surface area contributed by atoms with Crippen molar-refractivity contribution in [1.29, 1.82) is 0 Å². The van der Waals surface area contributed by atoms with Gasteiger partial charge in [-0.1, -0.05) is 13.8 Å². The standard InChI is InChI=1S/C15H29NO3/c1-11(2)12-5-7-15(9-16,8-6-12)19-10-14(3,4)13(17)18/h11-12H,5-10,16H2,1-4H3,(H,17,18). The maximum Gasteiger partial charge on any atom is 0.311 e. The normalized spacial score (nSPS) is 28.6. The molecule has 0 bridgehead atoms. The summed E-state index contributed by atoms with van der Waals surface area (Å²) in [5.41, 5.74) is 4.74. The van der Waals surface area contributed by atoms with Gasteiger partial charge in [0.2, 0.25) is 0 Å². The van der Waals surface area contributed by atoms with Crippen molar-refractivity contribution in [1.82, 2.24) is 0 Å². The van der Waals surface area contributed by atoms with Gasteiger partial charge in [-0.25, -0.2) is 0 Å². The minimum atomic E-state index is -0.850. The third kappa shape index (κ3) is 4.18. The number of carboxylic acid groups (broad SMARTS) is 1. The number of carboxylic acids is 1. The van der Waals surface area contributed by atoms with Crippen molar-refractivity contribution in [3.05, 3.63) is 0 Å². The predicted molar refractivity (Wildman–Crippen MR) is 76.0 cm³/mol. The van der Waals surface area contributed by atoms with Gasteiger partial charge in [-0.2, -0.15) is 0 Å². The van der Waals surface area contributed by atoms with Crippen LogP contribution in [0, 0.1) is 17.3 Å². The SMILES string of the molecule is CC(C)C1CCC(CN)(OCC(C)(C)C(=O)O)CC1. The van der Waals surface area contributed by atoms with Crippen LogP contribution in [-0.2, 0) is 9.53 Å². The Hall–Kier alpha value is -0.610. The van der Waals surface area contributed by atoms with E-state index in [1.807, 2.05) is 0 Å². The zero-order chi connectivity index (χ0) is 14.7. The Balaban J connectivity index is 2.57. The number of aliphatic carboxylic acids is 1. The summed E-state index contributed by atoms with van der Waals surface area (Å²) in [5, 5.41) is 9.13. The molecule has 0 aromatic heterocycles. The lowest BCUT2D eigenvalue weighted by molar-refractivity contribution is -0.158. The lowest BCUT2D eigenvalue weighted by atomic mass is 9.74. The molecule has 0 aliphatic heterocycles. The first-order chi connectivity index (χ1) is 8.72. The summed E-state index contributed by atoms with van der Waals surface area (Å²) in [6.45, 7) is 8.61. The lowest BCUT2D eigenvalue weighted by Gasteiger charge is -2.41. The average molecular weight is 271 g/mol. The van der Waals surface area contributed by atoms with Crippen LogP contribution in [0.1, 0.15) is 53.4 Å². The van der Waals surface area contributed by atoms with E-state index in [9.17, 15) is 4.79 Å². The Morgan fingerprint density at radius 3 is 2.32 bits per heavy atom. The Labute approximate surface area is 116 Å². The third-order valence-corrected chi connectivity index (χ3v) is 4.57. The summed E-state index contributed by atoms with van der Waals surface area (Å²) in [5.74, 6) is 0.623. The first kappa shape index (κ1) is 16.4.